The molecule has 0 aromatic carbocycles. The monoisotopic (exact) mass is 194 g/mol. The summed E-state index contributed by atoms with van der Waals surface area (Å²) >= 11 is 0. The SMILES string of the molecule is CC.Cc1nc2c(cnn2C)c(=O)[nH]1. The summed E-state index contributed by atoms with van der Waals surface area (Å²) in [6, 6.07) is 0. The van der Waals surface area contributed by atoms with E-state index in [9.17, 15) is 4.79 Å². The predicted octanol–water partition coefficient (Wildman–Crippen LogP) is 0.991. The van der Waals surface area contributed by atoms with Crippen LogP contribution in [0.3, 0.4) is 0 Å². The molecule has 1 N–H and O–H groups in total. The van der Waals surface area contributed by atoms with Crippen LogP contribution in [0.2, 0.25) is 0 Å². The molecule has 0 saturated carbocycles. The molecule has 0 unspecified atom stereocenters. The highest BCUT2D eigenvalue weighted by Gasteiger charge is 2.04. The molecule has 0 aliphatic heterocycles. The van der Waals surface area contributed by atoms with Crippen molar-refractivity contribution < 1.29 is 0 Å². The van der Waals surface area contributed by atoms with Gasteiger partial charge in [0.2, 0.25) is 0 Å². The Morgan fingerprint density at radius 1 is 1.43 bits per heavy atom. The fourth-order valence-corrected chi connectivity index (χ4v) is 1.14. The summed E-state index contributed by atoms with van der Waals surface area (Å²) in [4.78, 5) is 18.0. The van der Waals surface area contributed by atoms with Gasteiger partial charge in [-0.3, -0.25) is 9.48 Å². The first kappa shape index (κ1) is 10.4. The molecule has 76 valence electrons. The minimum absolute atomic E-state index is 0.134. The van der Waals surface area contributed by atoms with Crippen LogP contribution in [-0.4, -0.2) is 19.7 Å². The molecule has 0 fully saturated rings. The van der Waals surface area contributed by atoms with Gasteiger partial charge in [0.1, 0.15) is 11.2 Å². The number of nitrogens with one attached hydrogen (secondary N) is 1. The molecule has 2 aromatic heterocycles. The Bertz CT molecular complexity index is 483. The van der Waals surface area contributed by atoms with E-state index in [4.69, 9.17) is 0 Å². The van der Waals surface area contributed by atoms with Gasteiger partial charge in [0, 0.05) is 7.05 Å². The Morgan fingerprint density at radius 2 is 2.07 bits per heavy atom. The lowest BCUT2D eigenvalue weighted by molar-refractivity contribution is 0.782. The van der Waals surface area contributed by atoms with Gasteiger partial charge in [-0.2, -0.15) is 5.10 Å². The van der Waals surface area contributed by atoms with E-state index in [0.717, 1.165) is 0 Å². The normalized spacial score (nSPS) is 9.71. The van der Waals surface area contributed by atoms with Crippen molar-refractivity contribution in [3.63, 3.8) is 0 Å². The van der Waals surface area contributed by atoms with Gasteiger partial charge < -0.3 is 4.98 Å². The van der Waals surface area contributed by atoms with Gasteiger partial charge in [0.25, 0.3) is 5.56 Å². The van der Waals surface area contributed by atoms with E-state index >= 15 is 0 Å². The molecule has 5 heteroatoms. The van der Waals surface area contributed by atoms with Crippen LogP contribution in [-0.2, 0) is 7.05 Å². The van der Waals surface area contributed by atoms with Gasteiger partial charge >= 0.3 is 0 Å². The zero-order valence-corrected chi connectivity index (χ0v) is 8.83. The number of H-pyrrole nitrogens is 1. The van der Waals surface area contributed by atoms with Gasteiger partial charge in [0.05, 0.1) is 6.20 Å². The molecule has 0 atom stereocenters. The molecule has 0 aliphatic rings. The fraction of sp³-hybridized carbons (Fsp3) is 0.444. The van der Waals surface area contributed by atoms with Crippen molar-refractivity contribution in [3.8, 4) is 0 Å². The average Bonchev–Trinajstić information content (AvgIpc) is 2.52. The third-order valence-corrected chi connectivity index (χ3v) is 1.72. The minimum Gasteiger partial charge on any atom is -0.310 e. The summed E-state index contributed by atoms with van der Waals surface area (Å²) in [5, 5.41) is 4.46. The largest absolute Gasteiger partial charge is 0.310 e. The van der Waals surface area contributed by atoms with Crippen molar-refractivity contribution in [2.24, 2.45) is 7.05 Å². The van der Waals surface area contributed by atoms with Crippen LogP contribution >= 0.6 is 0 Å². The second-order valence-electron chi connectivity index (χ2n) is 2.66. The first-order valence-electron chi connectivity index (χ1n) is 4.57. The lowest BCUT2D eigenvalue weighted by atomic mass is 10.4. The van der Waals surface area contributed by atoms with E-state index in [2.05, 4.69) is 15.1 Å². The molecule has 0 aliphatic carbocycles. The van der Waals surface area contributed by atoms with Crippen LogP contribution in [0.1, 0.15) is 19.7 Å². The van der Waals surface area contributed by atoms with Crippen LogP contribution in [0.15, 0.2) is 11.0 Å². The number of hydrogen-bond donors (Lipinski definition) is 1. The van der Waals surface area contributed by atoms with Gasteiger partial charge in [0.15, 0.2) is 5.65 Å². The van der Waals surface area contributed by atoms with Crippen molar-refractivity contribution in [1.82, 2.24) is 19.7 Å². The minimum atomic E-state index is -0.134. The smallest absolute Gasteiger partial charge is 0.262 e. The number of rotatable bonds is 0. The van der Waals surface area contributed by atoms with Crippen LogP contribution in [0, 0.1) is 6.92 Å². The number of hydrogen-bond acceptors (Lipinski definition) is 3. The second kappa shape index (κ2) is 4.04. The molecule has 2 aromatic rings. The molecule has 5 nitrogen and oxygen atoms in total. The van der Waals surface area contributed by atoms with E-state index in [1.54, 1.807) is 18.7 Å². The fourth-order valence-electron chi connectivity index (χ4n) is 1.14. The second-order valence-corrected chi connectivity index (χ2v) is 2.66. The maximum Gasteiger partial charge on any atom is 0.262 e. The summed E-state index contributed by atoms with van der Waals surface area (Å²) in [6.07, 6.45) is 1.51. The van der Waals surface area contributed by atoms with Crippen molar-refractivity contribution in [2.75, 3.05) is 0 Å². The molecular formula is C9H14N4O. The van der Waals surface area contributed by atoms with E-state index in [-0.39, 0.29) is 5.56 Å². The standard InChI is InChI=1S/C7H8N4O.C2H6/c1-4-9-6-5(7(12)10-4)3-8-11(6)2;1-2/h3H,1-2H3,(H,9,10,12);1-2H3. The van der Waals surface area contributed by atoms with Gasteiger partial charge in [-0.25, -0.2) is 4.98 Å². The first-order chi connectivity index (χ1) is 6.68. The van der Waals surface area contributed by atoms with Crippen molar-refractivity contribution in [2.45, 2.75) is 20.8 Å². The first-order valence-corrected chi connectivity index (χ1v) is 4.57. The molecule has 2 heterocycles. The van der Waals surface area contributed by atoms with Crippen LogP contribution in [0.25, 0.3) is 11.0 Å². The summed E-state index contributed by atoms with van der Waals surface area (Å²) in [7, 11) is 1.76. The highest BCUT2D eigenvalue weighted by molar-refractivity contribution is 5.72. The van der Waals surface area contributed by atoms with Crippen LogP contribution < -0.4 is 5.56 Å². The highest BCUT2D eigenvalue weighted by atomic mass is 16.1. The van der Waals surface area contributed by atoms with Gasteiger partial charge in [-0.05, 0) is 6.92 Å². The summed E-state index contributed by atoms with van der Waals surface area (Å²) < 4.78 is 1.58. The average molecular weight is 194 g/mol. The summed E-state index contributed by atoms with van der Waals surface area (Å²) in [5.74, 6) is 0.608. The number of fused-ring (bicyclic) bond motifs is 1. The molecular weight excluding hydrogens is 180 g/mol. The molecule has 0 amide bonds. The van der Waals surface area contributed by atoms with E-state index < -0.39 is 0 Å². The Balaban J connectivity index is 0.000000461. The third-order valence-electron chi connectivity index (χ3n) is 1.72. The molecule has 2 rings (SSSR count). The zero-order valence-electron chi connectivity index (χ0n) is 8.83. The quantitative estimate of drug-likeness (QED) is 0.680. The molecule has 14 heavy (non-hydrogen) atoms. The molecule has 0 saturated heterocycles. The number of nitrogens with zero attached hydrogens (tertiary/aromatic N) is 3. The summed E-state index contributed by atoms with van der Waals surface area (Å²) in [6.45, 7) is 5.74. The van der Waals surface area contributed by atoms with Gasteiger partial charge in [-0.15, -0.1) is 0 Å². The van der Waals surface area contributed by atoms with Crippen molar-refractivity contribution in [3.05, 3.63) is 22.4 Å². The lowest BCUT2D eigenvalue weighted by Crippen LogP contribution is -2.09. The topological polar surface area (TPSA) is 63.6 Å². The molecule has 0 spiro atoms. The Labute approximate surface area is 81.8 Å². The van der Waals surface area contributed by atoms with Gasteiger partial charge in [-0.1, -0.05) is 13.8 Å². The number of aromatic amines is 1. The Morgan fingerprint density at radius 3 is 2.71 bits per heavy atom. The number of aromatic nitrogens is 4. The predicted molar refractivity (Wildman–Crippen MR) is 55.2 cm³/mol. The highest BCUT2D eigenvalue weighted by Crippen LogP contribution is 2.02. The summed E-state index contributed by atoms with van der Waals surface area (Å²) in [5.41, 5.74) is 0.488. The zero-order chi connectivity index (χ0) is 10.7. The van der Waals surface area contributed by atoms with Crippen molar-refractivity contribution in [1.29, 1.82) is 0 Å². The molecule has 0 radical (unpaired) electrons. The third kappa shape index (κ3) is 1.66. The maximum absolute atomic E-state index is 11.3. The lowest BCUT2D eigenvalue weighted by Gasteiger charge is -1.93. The Kier molecular flexibility index (Phi) is 3.01. The maximum atomic E-state index is 11.3. The van der Waals surface area contributed by atoms with E-state index in [1.807, 2.05) is 13.8 Å². The van der Waals surface area contributed by atoms with E-state index in [0.29, 0.717) is 16.9 Å². The number of aryl methyl sites for hydroxylation is 2. The molecule has 0 bridgehead atoms. The van der Waals surface area contributed by atoms with E-state index in [1.165, 1.54) is 6.20 Å². The van der Waals surface area contributed by atoms with Crippen LogP contribution in [0.5, 0.6) is 0 Å². The van der Waals surface area contributed by atoms with Crippen molar-refractivity contribution >= 4 is 11.0 Å². The Hall–Kier alpha value is -1.65. The van der Waals surface area contributed by atoms with Crippen LogP contribution in [0.4, 0.5) is 0 Å².